The summed E-state index contributed by atoms with van der Waals surface area (Å²) in [4.78, 5) is 10.6. The van der Waals surface area contributed by atoms with E-state index in [-0.39, 0.29) is 0 Å². The maximum Gasteiger partial charge on any atom is 0.331 e. The quantitative estimate of drug-likeness (QED) is 0.855. The number of fused-ring (bicyclic) bond motifs is 2. The van der Waals surface area contributed by atoms with Crippen LogP contribution in [0.3, 0.4) is 0 Å². The molecular formula is C19H16O2. The fraction of sp³-hybridized carbons (Fsp3) is 0.105. The lowest BCUT2D eigenvalue weighted by Gasteiger charge is -1.94. The summed E-state index contributed by atoms with van der Waals surface area (Å²) >= 11 is 0. The predicted molar refractivity (Wildman–Crippen MR) is 84.9 cm³/mol. The fourth-order valence-corrected chi connectivity index (χ4v) is 2.61. The molecule has 2 heteroatoms. The molecule has 0 saturated carbocycles. The third-order valence-electron chi connectivity index (χ3n) is 3.73. The lowest BCUT2D eigenvalue weighted by Crippen LogP contribution is -1.99. The molecule has 104 valence electrons. The van der Waals surface area contributed by atoms with Gasteiger partial charge in [0.25, 0.3) is 0 Å². The van der Waals surface area contributed by atoms with Gasteiger partial charge in [0.2, 0.25) is 0 Å². The molecule has 2 aliphatic rings. The van der Waals surface area contributed by atoms with Crippen molar-refractivity contribution >= 4 is 18.1 Å². The first kappa shape index (κ1) is 13.4. The predicted octanol–water partition coefficient (Wildman–Crippen LogP) is 3.97. The van der Waals surface area contributed by atoms with Crippen molar-refractivity contribution in [1.82, 2.24) is 0 Å². The summed E-state index contributed by atoms with van der Waals surface area (Å²) in [5.41, 5.74) is 5.47. The normalized spacial score (nSPS) is 13.8. The Labute approximate surface area is 124 Å². The Balaban J connectivity index is 0.000000131. The molecule has 0 atom stereocenters. The van der Waals surface area contributed by atoms with Gasteiger partial charge in [-0.25, -0.2) is 4.79 Å². The Kier molecular flexibility index (Phi) is 3.69. The fourth-order valence-electron chi connectivity index (χ4n) is 2.61. The van der Waals surface area contributed by atoms with Gasteiger partial charge in [-0.3, -0.25) is 0 Å². The second-order valence-corrected chi connectivity index (χ2v) is 5.16. The first-order valence-corrected chi connectivity index (χ1v) is 7.00. The van der Waals surface area contributed by atoms with Crippen molar-refractivity contribution in [2.24, 2.45) is 0 Å². The van der Waals surface area contributed by atoms with E-state index in [1.165, 1.54) is 11.1 Å². The SMILES string of the molecule is C1=Cc2ccccc2C1.O=C(O)C1=Cc2ccccc2C1. The lowest BCUT2D eigenvalue weighted by atomic mass is 10.1. The van der Waals surface area contributed by atoms with Crippen LogP contribution in [0, 0.1) is 0 Å². The third-order valence-corrected chi connectivity index (χ3v) is 3.73. The molecule has 4 rings (SSSR count). The van der Waals surface area contributed by atoms with Gasteiger partial charge in [-0.15, -0.1) is 0 Å². The summed E-state index contributed by atoms with van der Waals surface area (Å²) in [7, 11) is 0. The van der Waals surface area contributed by atoms with E-state index in [1.54, 1.807) is 6.08 Å². The Hall–Kier alpha value is -2.61. The number of carboxylic acids is 1. The Bertz CT molecular complexity index is 739. The minimum absolute atomic E-state index is 0.483. The van der Waals surface area contributed by atoms with Gasteiger partial charge in [0.1, 0.15) is 0 Å². The van der Waals surface area contributed by atoms with Crippen LogP contribution in [0.5, 0.6) is 0 Å². The molecule has 0 radical (unpaired) electrons. The number of benzene rings is 2. The molecule has 0 aromatic heterocycles. The molecule has 0 unspecified atom stereocenters. The summed E-state index contributed by atoms with van der Waals surface area (Å²) < 4.78 is 0. The molecule has 2 nitrogen and oxygen atoms in total. The van der Waals surface area contributed by atoms with Crippen LogP contribution in [0.15, 0.2) is 60.2 Å². The van der Waals surface area contributed by atoms with Crippen molar-refractivity contribution in [3.05, 3.63) is 82.4 Å². The summed E-state index contributed by atoms with van der Waals surface area (Å²) in [5.74, 6) is -0.814. The minimum Gasteiger partial charge on any atom is -0.478 e. The summed E-state index contributed by atoms with van der Waals surface area (Å²) in [6, 6.07) is 16.2. The van der Waals surface area contributed by atoms with Gasteiger partial charge < -0.3 is 5.11 Å². The number of rotatable bonds is 1. The van der Waals surface area contributed by atoms with E-state index in [4.69, 9.17) is 5.11 Å². The molecule has 0 fully saturated rings. The number of hydrogen-bond acceptors (Lipinski definition) is 1. The zero-order chi connectivity index (χ0) is 14.7. The van der Waals surface area contributed by atoms with Crippen molar-refractivity contribution in [2.45, 2.75) is 12.8 Å². The van der Waals surface area contributed by atoms with Gasteiger partial charge in [0.15, 0.2) is 0 Å². The monoisotopic (exact) mass is 276 g/mol. The maximum absolute atomic E-state index is 10.6. The zero-order valence-corrected chi connectivity index (χ0v) is 11.6. The third kappa shape index (κ3) is 2.95. The summed E-state index contributed by atoms with van der Waals surface area (Å²) in [6.45, 7) is 0. The molecule has 0 saturated heterocycles. The van der Waals surface area contributed by atoms with E-state index in [9.17, 15) is 4.79 Å². The van der Waals surface area contributed by atoms with Crippen molar-refractivity contribution in [1.29, 1.82) is 0 Å². The smallest absolute Gasteiger partial charge is 0.331 e. The molecule has 1 N–H and O–H groups in total. The van der Waals surface area contributed by atoms with E-state index in [1.807, 2.05) is 24.3 Å². The number of hydrogen-bond donors (Lipinski definition) is 1. The van der Waals surface area contributed by atoms with Crippen LogP contribution in [0.25, 0.3) is 12.2 Å². The van der Waals surface area contributed by atoms with Gasteiger partial charge in [-0.1, -0.05) is 60.7 Å². The largest absolute Gasteiger partial charge is 0.478 e. The molecular weight excluding hydrogens is 260 g/mol. The van der Waals surface area contributed by atoms with E-state index in [2.05, 4.69) is 36.4 Å². The summed E-state index contributed by atoms with van der Waals surface area (Å²) in [6.07, 6.45) is 7.79. The molecule has 0 spiro atoms. The molecule has 0 aliphatic heterocycles. The first-order chi connectivity index (χ1) is 10.2. The number of carbonyl (C=O) groups is 1. The average Bonchev–Trinajstić information content (AvgIpc) is 3.14. The van der Waals surface area contributed by atoms with Gasteiger partial charge in [0.05, 0.1) is 0 Å². The van der Waals surface area contributed by atoms with Crippen molar-refractivity contribution in [3.8, 4) is 0 Å². The van der Waals surface area contributed by atoms with Crippen molar-refractivity contribution < 1.29 is 9.90 Å². The second-order valence-electron chi connectivity index (χ2n) is 5.16. The topological polar surface area (TPSA) is 37.3 Å². The van der Waals surface area contributed by atoms with Gasteiger partial charge >= 0.3 is 5.97 Å². The maximum atomic E-state index is 10.6. The molecule has 0 heterocycles. The highest BCUT2D eigenvalue weighted by atomic mass is 16.4. The van der Waals surface area contributed by atoms with E-state index in [0.717, 1.165) is 17.5 Å². The van der Waals surface area contributed by atoms with Gasteiger partial charge in [-0.2, -0.15) is 0 Å². The number of aliphatic carboxylic acids is 1. The minimum atomic E-state index is -0.814. The van der Waals surface area contributed by atoms with Crippen LogP contribution in [0.2, 0.25) is 0 Å². The molecule has 0 amide bonds. The standard InChI is InChI=1S/C10H8O2.C9H8/c11-10(12)9-5-7-3-1-2-4-8(7)6-9;1-2-5-9-7-3-6-8(9)4-1/h1-5H,6H2,(H,11,12);1-6H,7H2. The average molecular weight is 276 g/mol. The van der Waals surface area contributed by atoms with Crippen LogP contribution in [-0.4, -0.2) is 11.1 Å². The second kappa shape index (κ2) is 5.80. The van der Waals surface area contributed by atoms with Crippen LogP contribution in [-0.2, 0) is 17.6 Å². The van der Waals surface area contributed by atoms with Crippen LogP contribution < -0.4 is 0 Å². The van der Waals surface area contributed by atoms with Crippen molar-refractivity contribution in [2.75, 3.05) is 0 Å². The zero-order valence-electron chi connectivity index (χ0n) is 11.6. The van der Waals surface area contributed by atoms with Crippen LogP contribution in [0.4, 0.5) is 0 Å². The molecule has 21 heavy (non-hydrogen) atoms. The van der Waals surface area contributed by atoms with E-state index >= 15 is 0 Å². The Morgan fingerprint density at radius 3 is 2.24 bits per heavy atom. The highest BCUT2D eigenvalue weighted by molar-refractivity contribution is 5.95. The summed E-state index contributed by atoms with van der Waals surface area (Å²) in [5, 5.41) is 8.72. The van der Waals surface area contributed by atoms with Crippen molar-refractivity contribution in [3.63, 3.8) is 0 Å². The highest BCUT2D eigenvalue weighted by Crippen LogP contribution is 2.24. The number of carboxylic acid groups (broad SMARTS) is 1. The van der Waals surface area contributed by atoms with Gasteiger partial charge in [-0.05, 0) is 34.8 Å². The molecule has 0 bridgehead atoms. The number of allylic oxidation sites excluding steroid dienone is 1. The molecule has 2 aromatic rings. The Morgan fingerprint density at radius 1 is 0.905 bits per heavy atom. The van der Waals surface area contributed by atoms with Crippen LogP contribution >= 0.6 is 0 Å². The molecule has 2 aromatic carbocycles. The lowest BCUT2D eigenvalue weighted by molar-refractivity contribution is -0.132. The van der Waals surface area contributed by atoms with Crippen LogP contribution in [0.1, 0.15) is 22.3 Å². The van der Waals surface area contributed by atoms with Gasteiger partial charge in [0, 0.05) is 12.0 Å². The first-order valence-electron chi connectivity index (χ1n) is 7.00. The highest BCUT2D eigenvalue weighted by Gasteiger charge is 2.16. The van der Waals surface area contributed by atoms with E-state index < -0.39 is 5.97 Å². The molecule has 2 aliphatic carbocycles. The van der Waals surface area contributed by atoms with E-state index in [0.29, 0.717) is 12.0 Å². The Morgan fingerprint density at radius 2 is 1.57 bits per heavy atom.